The predicted molar refractivity (Wildman–Crippen MR) is 45.4 cm³/mol. The maximum atomic E-state index is 12.4. The Labute approximate surface area is 89.7 Å². The normalized spacial score (nSPS) is 22.7. The Morgan fingerprint density at radius 2 is 1.88 bits per heavy atom. The standard InChI is InChI=1S/C9H13F5O2/c10-8(11,9(12,13)14)3-5-15-6-7-2-1-4-16-7/h7H,1-6H2. The summed E-state index contributed by atoms with van der Waals surface area (Å²) < 4.78 is 69.8. The summed E-state index contributed by atoms with van der Waals surface area (Å²) in [4.78, 5) is 0. The van der Waals surface area contributed by atoms with Gasteiger partial charge in [-0.25, -0.2) is 0 Å². The van der Waals surface area contributed by atoms with E-state index in [1.54, 1.807) is 0 Å². The van der Waals surface area contributed by atoms with Gasteiger partial charge in [-0.3, -0.25) is 0 Å². The van der Waals surface area contributed by atoms with Crippen LogP contribution >= 0.6 is 0 Å². The first-order valence-electron chi connectivity index (χ1n) is 4.97. The molecule has 16 heavy (non-hydrogen) atoms. The molecule has 1 rings (SSSR count). The van der Waals surface area contributed by atoms with Crippen molar-refractivity contribution < 1.29 is 31.4 Å². The Balaban J connectivity index is 2.14. The Morgan fingerprint density at radius 3 is 2.38 bits per heavy atom. The van der Waals surface area contributed by atoms with Crippen LogP contribution in [0.5, 0.6) is 0 Å². The number of alkyl halides is 5. The van der Waals surface area contributed by atoms with Crippen molar-refractivity contribution in [2.24, 2.45) is 0 Å². The molecular formula is C9H13F5O2. The fourth-order valence-electron chi connectivity index (χ4n) is 1.33. The van der Waals surface area contributed by atoms with Crippen molar-refractivity contribution in [3.63, 3.8) is 0 Å². The second-order valence-electron chi connectivity index (χ2n) is 3.66. The first-order valence-corrected chi connectivity index (χ1v) is 4.97. The Morgan fingerprint density at radius 1 is 1.19 bits per heavy atom. The third-order valence-electron chi connectivity index (χ3n) is 2.30. The zero-order valence-electron chi connectivity index (χ0n) is 8.53. The van der Waals surface area contributed by atoms with Crippen LogP contribution in [0.3, 0.4) is 0 Å². The highest BCUT2D eigenvalue weighted by Crippen LogP contribution is 2.37. The van der Waals surface area contributed by atoms with E-state index in [-0.39, 0.29) is 12.7 Å². The SMILES string of the molecule is FC(F)(F)C(F)(F)CCOCC1CCCO1. The van der Waals surface area contributed by atoms with Crippen molar-refractivity contribution in [3.05, 3.63) is 0 Å². The van der Waals surface area contributed by atoms with Gasteiger partial charge in [0.15, 0.2) is 0 Å². The molecule has 1 fully saturated rings. The molecule has 0 bridgehead atoms. The number of hydrogen-bond donors (Lipinski definition) is 0. The molecule has 0 N–H and O–H groups in total. The summed E-state index contributed by atoms with van der Waals surface area (Å²) >= 11 is 0. The molecule has 1 atom stereocenters. The van der Waals surface area contributed by atoms with Gasteiger partial charge in [0, 0.05) is 13.0 Å². The Kier molecular flexibility index (Phi) is 4.49. The Bertz CT molecular complexity index is 210. The molecule has 1 saturated heterocycles. The summed E-state index contributed by atoms with van der Waals surface area (Å²) in [5.74, 6) is -4.68. The lowest BCUT2D eigenvalue weighted by molar-refractivity contribution is -0.287. The molecule has 0 spiro atoms. The van der Waals surface area contributed by atoms with Gasteiger partial charge < -0.3 is 9.47 Å². The van der Waals surface area contributed by atoms with Gasteiger partial charge in [-0.2, -0.15) is 22.0 Å². The van der Waals surface area contributed by atoms with Crippen molar-refractivity contribution >= 4 is 0 Å². The lowest BCUT2D eigenvalue weighted by Crippen LogP contribution is -2.37. The van der Waals surface area contributed by atoms with E-state index < -0.39 is 25.1 Å². The molecule has 0 aliphatic carbocycles. The van der Waals surface area contributed by atoms with E-state index in [4.69, 9.17) is 9.47 Å². The van der Waals surface area contributed by atoms with Crippen molar-refractivity contribution in [3.8, 4) is 0 Å². The van der Waals surface area contributed by atoms with Crippen LogP contribution in [0.25, 0.3) is 0 Å². The first-order chi connectivity index (χ1) is 7.33. The van der Waals surface area contributed by atoms with Crippen molar-refractivity contribution in [1.82, 2.24) is 0 Å². The van der Waals surface area contributed by atoms with Gasteiger partial charge >= 0.3 is 12.1 Å². The number of hydrogen-bond acceptors (Lipinski definition) is 2. The third kappa shape index (κ3) is 3.86. The Hall–Kier alpha value is -0.430. The number of ether oxygens (including phenoxy) is 2. The van der Waals surface area contributed by atoms with Crippen molar-refractivity contribution in [2.75, 3.05) is 19.8 Å². The van der Waals surface area contributed by atoms with E-state index >= 15 is 0 Å². The average Bonchev–Trinajstić information content (AvgIpc) is 2.63. The molecule has 0 aromatic carbocycles. The van der Waals surface area contributed by atoms with Crippen LogP contribution in [0.1, 0.15) is 19.3 Å². The molecule has 0 amide bonds. The molecule has 0 aromatic rings. The summed E-state index contributed by atoms with van der Waals surface area (Å²) in [6.45, 7) is 0.0487. The summed E-state index contributed by atoms with van der Waals surface area (Å²) in [6.07, 6.45) is -5.38. The molecule has 0 saturated carbocycles. The largest absolute Gasteiger partial charge is 0.453 e. The van der Waals surface area contributed by atoms with Gasteiger partial charge in [0.2, 0.25) is 0 Å². The van der Waals surface area contributed by atoms with Gasteiger partial charge in [0.05, 0.1) is 19.3 Å². The first kappa shape index (κ1) is 13.6. The highest BCUT2D eigenvalue weighted by molar-refractivity contribution is 4.75. The second-order valence-corrected chi connectivity index (χ2v) is 3.66. The monoisotopic (exact) mass is 248 g/mol. The predicted octanol–water partition coefficient (Wildman–Crippen LogP) is 2.77. The van der Waals surface area contributed by atoms with E-state index in [0.717, 1.165) is 12.8 Å². The highest BCUT2D eigenvalue weighted by Gasteiger charge is 2.56. The van der Waals surface area contributed by atoms with Crippen LogP contribution in [0.2, 0.25) is 0 Å². The van der Waals surface area contributed by atoms with E-state index in [0.29, 0.717) is 6.61 Å². The number of rotatable bonds is 5. The van der Waals surface area contributed by atoms with Crippen LogP contribution in [0, 0.1) is 0 Å². The number of halogens is 5. The van der Waals surface area contributed by atoms with E-state index in [9.17, 15) is 22.0 Å². The molecule has 1 aliphatic rings. The van der Waals surface area contributed by atoms with Crippen LogP contribution < -0.4 is 0 Å². The maximum Gasteiger partial charge on any atom is 0.453 e. The molecule has 1 aliphatic heterocycles. The van der Waals surface area contributed by atoms with Crippen molar-refractivity contribution in [1.29, 1.82) is 0 Å². The molecular weight excluding hydrogens is 235 g/mol. The smallest absolute Gasteiger partial charge is 0.379 e. The van der Waals surface area contributed by atoms with Crippen LogP contribution in [0.15, 0.2) is 0 Å². The highest BCUT2D eigenvalue weighted by atomic mass is 19.4. The topological polar surface area (TPSA) is 18.5 Å². The molecule has 96 valence electrons. The van der Waals surface area contributed by atoms with Crippen LogP contribution in [-0.4, -0.2) is 38.0 Å². The van der Waals surface area contributed by atoms with Crippen LogP contribution in [0.4, 0.5) is 22.0 Å². The zero-order valence-corrected chi connectivity index (χ0v) is 8.53. The molecule has 2 nitrogen and oxygen atoms in total. The van der Waals surface area contributed by atoms with Gasteiger partial charge in [-0.1, -0.05) is 0 Å². The molecule has 1 heterocycles. The fraction of sp³-hybridized carbons (Fsp3) is 1.00. The van der Waals surface area contributed by atoms with Crippen LogP contribution in [-0.2, 0) is 9.47 Å². The van der Waals surface area contributed by atoms with E-state index in [1.807, 2.05) is 0 Å². The quantitative estimate of drug-likeness (QED) is 0.550. The molecule has 0 aromatic heterocycles. The fourth-order valence-corrected chi connectivity index (χ4v) is 1.33. The summed E-state index contributed by atoms with van der Waals surface area (Å²) in [5.41, 5.74) is 0. The lowest BCUT2D eigenvalue weighted by Gasteiger charge is -2.19. The van der Waals surface area contributed by atoms with E-state index in [1.165, 1.54) is 0 Å². The summed E-state index contributed by atoms with van der Waals surface area (Å²) in [7, 11) is 0. The molecule has 1 unspecified atom stereocenters. The van der Waals surface area contributed by atoms with Gasteiger partial charge in [-0.05, 0) is 12.8 Å². The van der Waals surface area contributed by atoms with E-state index in [2.05, 4.69) is 0 Å². The summed E-state index contributed by atoms with van der Waals surface area (Å²) in [6, 6.07) is 0. The average molecular weight is 248 g/mol. The lowest BCUT2D eigenvalue weighted by atomic mass is 10.2. The summed E-state index contributed by atoms with van der Waals surface area (Å²) in [5, 5.41) is 0. The molecule has 7 heteroatoms. The minimum Gasteiger partial charge on any atom is -0.379 e. The molecule has 0 radical (unpaired) electrons. The second kappa shape index (κ2) is 5.27. The van der Waals surface area contributed by atoms with Crippen molar-refractivity contribution in [2.45, 2.75) is 37.5 Å². The third-order valence-corrected chi connectivity index (χ3v) is 2.30. The maximum absolute atomic E-state index is 12.4. The zero-order chi connectivity index (χ0) is 12.2. The van der Waals surface area contributed by atoms with Gasteiger partial charge in [0.1, 0.15) is 0 Å². The van der Waals surface area contributed by atoms with Gasteiger partial charge in [-0.15, -0.1) is 0 Å². The minimum atomic E-state index is -5.50. The minimum absolute atomic E-state index is 0.0773. The van der Waals surface area contributed by atoms with Gasteiger partial charge in [0.25, 0.3) is 0 Å².